The summed E-state index contributed by atoms with van der Waals surface area (Å²) < 4.78 is 11.3. The number of methoxy groups -OCH3 is 2. The molecule has 1 N–H and O–H groups in total. The molecule has 0 aliphatic carbocycles. The van der Waals surface area contributed by atoms with Crippen molar-refractivity contribution in [2.45, 2.75) is 0 Å². The van der Waals surface area contributed by atoms with Crippen molar-refractivity contribution in [2.24, 2.45) is 0 Å². The standard InChI is InChI=1S/C17H16BrNO3/c1-21-12-7-8-13(17(11-12)22-2)16(20)9-10-19-15-6-4-3-5-14(15)18/h3-11,19H,1-2H3/b10-9-. The van der Waals surface area contributed by atoms with Gasteiger partial charge < -0.3 is 14.8 Å². The highest BCUT2D eigenvalue weighted by Crippen LogP contribution is 2.25. The number of ether oxygens (including phenoxy) is 2. The Bertz CT molecular complexity index is 698. The molecule has 22 heavy (non-hydrogen) atoms. The number of para-hydroxylation sites is 1. The molecule has 0 aliphatic rings. The van der Waals surface area contributed by atoms with Gasteiger partial charge in [0.2, 0.25) is 0 Å². The molecule has 0 aromatic heterocycles. The molecule has 2 aromatic rings. The number of rotatable bonds is 6. The SMILES string of the molecule is COc1ccc(C(=O)/C=C\Nc2ccccc2Br)c(OC)c1. The molecule has 0 heterocycles. The van der Waals surface area contributed by atoms with E-state index in [-0.39, 0.29) is 5.78 Å². The van der Waals surface area contributed by atoms with Crippen LogP contribution in [-0.4, -0.2) is 20.0 Å². The first-order valence-electron chi connectivity index (χ1n) is 6.59. The van der Waals surface area contributed by atoms with Gasteiger partial charge in [0.25, 0.3) is 0 Å². The van der Waals surface area contributed by atoms with Crippen LogP contribution in [0.5, 0.6) is 11.5 Å². The Labute approximate surface area is 137 Å². The van der Waals surface area contributed by atoms with Crippen LogP contribution in [0.2, 0.25) is 0 Å². The number of hydrogen-bond acceptors (Lipinski definition) is 4. The monoisotopic (exact) mass is 361 g/mol. The molecular weight excluding hydrogens is 346 g/mol. The van der Waals surface area contributed by atoms with Gasteiger partial charge in [-0.1, -0.05) is 12.1 Å². The first kappa shape index (κ1) is 16.1. The van der Waals surface area contributed by atoms with E-state index in [1.165, 1.54) is 13.2 Å². The second-order valence-corrected chi connectivity index (χ2v) is 5.24. The molecule has 5 heteroatoms. The van der Waals surface area contributed by atoms with Crippen LogP contribution in [0.4, 0.5) is 5.69 Å². The molecule has 0 amide bonds. The first-order chi connectivity index (χ1) is 10.7. The van der Waals surface area contributed by atoms with Crippen molar-refractivity contribution in [1.82, 2.24) is 0 Å². The van der Waals surface area contributed by atoms with Gasteiger partial charge in [0, 0.05) is 22.8 Å². The van der Waals surface area contributed by atoms with E-state index in [4.69, 9.17) is 9.47 Å². The Morgan fingerprint density at radius 2 is 1.91 bits per heavy atom. The van der Waals surface area contributed by atoms with Crippen molar-refractivity contribution in [3.8, 4) is 11.5 Å². The normalized spacial score (nSPS) is 10.5. The second-order valence-electron chi connectivity index (χ2n) is 4.39. The summed E-state index contributed by atoms with van der Waals surface area (Å²) in [5.74, 6) is 0.970. The molecule has 0 bridgehead atoms. The van der Waals surface area contributed by atoms with Crippen molar-refractivity contribution < 1.29 is 14.3 Å². The summed E-state index contributed by atoms with van der Waals surface area (Å²) in [6, 6.07) is 12.8. The Hall–Kier alpha value is -2.27. The minimum atomic E-state index is -0.154. The summed E-state index contributed by atoms with van der Waals surface area (Å²) >= 11 is 3.43. The van der Waals surface area contributed by atoms with Crippen LogP contribution in [0.15, 0.2) is 59.2 Å². The zero-order chi connectivity index (χ0) is 15.9. The molecule has 0 unspecified atom stereocenters. The Morgan fingerprint density at radius 3 is 2.59 bits per heavy atom. The fraction of sp³-hybridized carbons (Fsp3) is 0.118. The topological polar surface area (TPSA) is 47.6 Å². The molecule has 0 aliphatic heterocycles. The number of ketones is 1. The lowest BCUT2D eigenvalue weighted by molar-refractivity contribution is 0.104. The second kappa shape index (κ2) is 7.66. The van der Waals surface area contributed by atoms with Crippen molar-refractivity contribution in [3.05, 3.63) is 64.8 Å². The molecule has 0 saturated heterocycles. The number of halogens is 1. The van der Waals surface area contributed by atoms with E-state index in [0.29, 0.717) is 17.1 Å². The highest BCUT2D eigenvalue weighted by molar-refractivity contribution is 9.10. The molecule has 4 nitrogen and oxygen atoms in total. The average Bonchev–Trinajstić information content (AvgIpc) is 2.55. The molecule has 0 saturated carbocycles. The number of carbonyl (C=O) groups is 1. The van der Waals surface area contributed by atoms with E-state index in [0.717, 1.165) is 10.2 Å². The third-order valence-corrected chi connectivity index (χ3v) is 3.71. The quantitative estimate of drug-likeness (QED) is 0.616. The maximum absolute atomic E-state index is 12.2. The number of carbonyl (C=O) groups excluding carboxylic acids is 1. The molecule has 0 atom stereocenters. The fourth-order valence-corrected chi connectivity index (χ4v) is 2.28. The van der Waals surface area contributed by atoms with Crippen LogP contribution >= 0.6 is 15.9 Å². The Balaban J connectivity index is 2.12. The number of allylic oxidation sites excluding steroid dienone is 1. The Morgan fingerprint density at radius 1 is 1.14 bits per heavy atom. The maximum Gasteiger partial charge on any atom is 0.191 e. The van der Waals surface area contributed by atoms with Crippen LogP contribution in [0.25, 0.3) is 0 Å². The minimum absolute atomic E-state index is 0.154. The zero-order valence-electron chi connectivity index (χ0n) is 12.3. The number of hydrogen-bond donors (Lipinski definition) is 1. The fourth-order valence-electron chi connectivity index (χ4n) is 1.88. The van der Waals surface area contributed by atoms with Crippen LogP contribution in [0.3, 0.4) is 0 Å². The molecular formula is C17H16BrNO3. The highest BCUT2D eigenvalue weighted by Gasteiger charge is 2.10. The third kappa shape index (κ3) is 3.89. The highest BCUT2D eigenvalue weighted by atomic mass is 79.9. The summed E-state index contributed by atoms with van der Waals surface area (Å²) in [5, 5.41) is 3.06. The van der Waals surface area contributed by atoms with Crippen LogP contribution in [0, 0.1) is 0 Å². The van der Waals surface area contributed by atoms with Gasteiger partial charge in [0.1, 0.15) is 11.5 Å². The van der Waals surface area contributed by atoms with Gasteiger partial charge in [-0.15, -0.1) is 0 Å². The van der Waals surface area contributed by atoms with Gasteiger partial charge in [-0.05, 0) is 40.2 Å². The maximum atomic E-state index is 12.2. The molecule has 2 rings (SSSR count). The van der Waals surface area contributed by atoms with Gasteiger partial charge in [-0.2, -0.15) is 0 Å². The van der Waals surface area contributed by atoms with Crippen molar-refractivity contribution in [1.29, 1.82) is 0 Å². The molecule has 0 fully saturated rings. The first-order valence-corrected chi connectivity index (χ1v) is 7.39. The van der Waals surface area contributed by atoms with Crippen LogP contribution in [-0.2, 0) is 0 Å². The van der Waals surface area contributed by atoms with E-state index < -0.39 is 0 Å². The minimum Gasteiger partial charge on any atom is -0.497 e. The summed E-state index contributed by atoms with van der Waals surface area (Å²) in [6.45, 7) is 0. The van der Waals surface area contributed by atoms with Gasteiger partial charge in [-0.25, -0.2) is 0 Å². The van der Waals surface area contributed by atoms with E-state index in [1.54, 1.807) is 31.5 Å². The lowest BCUT2D eigenvalue weighted by atomic mass is 10.1. The van der Waals surface area contributed by atoms with Gasteiger partial charge in [0.15, 0.2) is 5.78 Å². The van der Waals surface area contributed by atoms with Crippen molar-refractivity contribution >= 4 is 27.4 Å². The molecule has 114 valence electrons. The Kier molecular flexibility index (Phi) is 5.61. The number of anilines is 1. The lowest BCUT2D eigenvalue weighted by Gasteiger charge is -2.08. The molecule has 0 spiro atoms. The summed E-state index contributed by atoms with van der Waals surface area (Å²) in [4.78, 5) is 12.2. The van der Waals surface area contributed by atoms with E-state index in [1.807, 2.05) is 24.3 Å². The van der Waals surface area contributed by atoms with E-state index >= 15 is 0 Å². The van der Waals surface area contributed by atoms with Crippen LogP contribution in [0.1, 0.15) is 10.4 Å². The molecule has 2 aromatic carbocycles. The van der Waals surface area contributed by atoms with Crippen LogP contribution < -0.4 is 14.8 Å². The van der Waals surface area contributed by atoms with E-state index in [2.05, 4.69) is 21.2 Å². The largest absolute Gasteiger partial charge is 0.497 e. The lowest BCUT2D eigenvalue weighted by Crippen LogP contribution is -2.00. The summed E-state index contributed by atoms with van der Waals surface area (Å²) in [7, 11) is 3.09. The van der Waals surface area contributed by atoms with Crippen molar-refractivity contribution in [3.63, 3.8) is 0 Å². The van der Waals surface area contributed by atoms with Crippen molar-refractivity contribution in [2.75, 3.05) is 19.5 Å². The summed E-state index contributed by atoms with van der Waals surface area (Å²) in [6.07, 6.45) is 3.07. The number of benzene rings is 2. The summed E-state index contributed by atoms with van der Waals surface area (Å²) in [5.41, 5.74) is 1.36. The average molecular weight is 362 g/mol. The predicted molar refractivity (Wildman–Crippen MR) is 90.8 cm³/mol. The zero-order valence-corrected chi connectivity index (χ0v) is 13.9. The predicted octanol–water partition coefficient (Wildman–Crippen LogP) is 4.27. The van der Waals surface area contributed by atoms with E-state index in [9.17, 15) is 4.79 Å². The molecule has 0 radical (unpaired) electrons. The smallest absolute Gasteiger partial charge is 0.191 e. The van der Waals surface area contributed by atoms with Gasteiger partial charge >= 0.3 is 0 Å². The van der Waals surface area contributed by atoms with Gasteiger partial charge in [0.05, 0.1) is 25.5 Å². The third-order valence-electron chi connectivity index (χ3n) is 3.02. The van der Waals surface area contributed by atoms with Gasteiger partial charge in [-0.3, -0.25) is 4.79 Å². The number of nitrogens with one attached hydrogen (secondary N) is 1.